The van der Waals surface area contributed by atoms with Crippen molar-refractivity contribution in [3.63, 3.8) is 0 Å². The van der Waals surface area contributed by atoms with Crippen molar-refractivity contribution in [3.8, 4) is 5.75 Å². The van der Waals surface area contributed by atoms with Crippen molar-refractivity contribution in [3.05, 3.63) is 99.8 Å². The van der Waals surface area contributed by atoms with Gasteiger partial charge in [0.25, 0.3) is 11.5 Å². The zero-order valence-corrected chi connectivity index (χ0v) is 17.8. The highest BCUT2D eigenvalue weighted by Gasteiger charge is 2.32. The maximum atomic E-state index is 12.9. The van der Waals surface area contributed by atoms with Gasteiger partial charge in [0, 0.05) is 13.6 Å². The fourth-order valence-corrected chi connectivity index (χ4v) is 4.23. The average Bonchev–Trinajstić information content (AvgIpc) is 3.35. The SMILES string of the molecule is Cn1c(N2CCc3ccccc3C2c2ccccc2)nc(C(=O)Nc2cnoc2)c(O)c1=O. The van der Waals surface area contributed by atoms with Crippen LogP contribution in [0, 0.1) is 0 Å². The summed E-state index contributed by atoms with van der Waals surface area (Å²) in [6, 6.07) is 17.9. The molecule has 3 heterocycles. The molecule has 9 heteroatoms. The van der Waals surface area contributed by atoms with Crippen LogP contribution in [0.1, 0.15) is 33.2 Å². The highest BCUT2D eigenvalue weighted by Crippen LogP contribution is 2.37. The number of nitrogens with one attached hydrogen (secondary N) is 1. The summed E-state index contributed by atoms with van der Waals surface area (Å²) in [4.78, 5) is 32.2. The Bertz CT molecular complexity index is 1370. The molecule has 0 radical (unpaired) electrons. The molecule has 2 N–H and O–H groups in total. The van der Waals surface area contributed by atoms with Crippen LogP contribution in [0.3, 0.4) is 0 Å². The molecule has 1 amide bonds. The number of fused-ring (bicyclic) bond motifs is 1. The van der Waals surface area contributed by atoms with Crippen molar-refractivity contribution < 1.29 is 14.4 Å². The Hall–Kier alpha value is -4.40. The van der Waals surface area contributed by atoms with E-state index < -0.39 is 17.2 Å². The van der Waals surface area contributed by atoms with Gasteiger partial charge in [0.15, 0.2) is 5.69 Å². The second kappa shape index (κ2) is 8.27. The first-order chi connectivity index (χ1) is 16.0. The molecule has 0 fully saturated rings. The van der Waals surface area contributed by atoms with E-state index in [1.807, 2.05) is 47.4 Å². The fraction of sp³-hybridized carbons (Fsp3) is 0.167. The molecule has 1 aliphatic heterocycles. The van der Waals surface area contributed by atoms with Crippen LogP contribution < -0.4 is 15.8 Å². The largest absolute Gasteiger partial charge is 0.501 e. The first kappa shape index (κ1) is 20.5. The maximum Gasteiger partial charge on any atom is 0.297 e. The third-order valence-corrected chi connectivity index (χ3v) is 5.80. The lowest BCUT2D eigenvalue weighted by Crippen LogP contribution is -2.40. The van der Waals surface area contributed by atoms with Gasteiger partial charge in [-0.25, -0.2) is 4.98 Å². The molecule has 4 aromatic rings. The molecule has 0 spiro atoms. The Kier molecular flexibility index (Phi) is 5.14. The second-order valence-electron chi connectivity index (χ2n) is 7.80. The molecule has 166 valence electrons. The topological polar surface area (TPSA) is 113 Å². The number of nitrogens with zero attached hydrogens (tertiary/aromatic N) is 4. The number of hydrogen-bond donors (Lipinski definition) is 2. The fourth-order valence-electron chi connectivity index (χ4n) is 4.23. The summed E-state index contributed by atoms with van der Waals surface area (Å²) in [5.41, 5.74) is 2.57. The van der Waals surface area contributed by atoms with Crippen molar-refractivity contribution in [1.29, 1.82) is 0 Å². The summed E-state index contributed by atoms with van der Waals surface area (Å²) in [6.07, 6.45) is 3.30. The maximum absolute atomic E-state index is 12.9. The molecular weight excluding hydrogens is 422 g/mol. The lowest BCUT2D eigenvalue weighted by Gasteiger charge is -2.39. The van der Waals surface area contributed by atoms with E-state index in [1.54, 1.807) is 0 Å². The molecule has 2 aromatic carbocycles. The van der Waals surface area contributed by atoms with Crippen LogP contribution in [0.4, 0.5) is 11.6 Å². The Labute approximate surface area is 188 Å². The standard InChI is InChI=1S/C24H21N5O4/c1-28-23(32)21(30)19(22(31)26-17-13-25-33-14-17)27-24(28)29-12-11-15-7-5-6-10-18(15)20(29)16-8-3-2-4-9-16/h2-10,13-14,20,30H,11-12H2,1H3,(H,26,31). The molecule has 0 aliphatic carbocycles. The number of carbonyl (C=O) groups is 1. The van der Waals surface area contributed by atoms with Crippen molar-refractivity contribution in [2.45, 2.75) is 12.5 Å². The lowest BCUT2D eigenvalue weighted by atomic mass is 9.88. The molecule has 5 rings (SSSR count). The minimum atomic E-state index is -0.733. The third-order valence-electron chi connectivity index (χ3n) is 5.80. The predicted molar refractivity (Wildman–Crippen MR) is 121 cm³/mol. The molecule has 0 bridgehead atoms. The van der Waals surface area contributed by atoms with Crippen molar-refractivity contribution in [2.75, 3.05) is 16.8 Å². The quantitative estimate of drug-likeness (QED) is 0.499. The lowest BCUT2D eigenvalue weighted by molar-refractivity contribution is 0.101. The molecule has 9 nitrogen and oxygen atoms in total. The highest BCUT2D eigenvalue weighted by molar-refractivity contribution is 6.04. The Balaban J connectivity index is 1.64. The van der Waals surface area contributed by atoms with E-state index in [1.165, 1.54) is 29.6 Å². The van der Waals surface area contributed by atoms with Gasteiger partial charge in [-0.15, -0.1) is 0 Å². The predicted octanol–water partition coefficient (Wildman–Crippen LogP) is 2.88. The summed E-state index contributed by atoms with van der Waals surface area (Å²) in [7, 11) is 1.54. The van der Waals surface area contributed by atoms with Crippen molar-refractivity contribution in [2.24, 2.45) is 7.05 Å². The van der Waals surface area contributed by atoms with Crippen molar-refractivity contribution >= 4 is 17.5 Å². The first-order valence-corrected chi connectivity index (χ1v) is 10.4. The van der Waals surface area contributed by atoms with E-state index in [4.69, 9.17) is 4.52 Å². The average molecular weight is 443 g/mol. The normalized spacial score (nSPS) is 15.2. The molecular formula is C24H21N5O4. The first-order valence-electron chi connectivity index (χ1n) is 10.4. The number of anilines is 2. The number of amides is 1. The Morgan fingerprint density at radius 2 is 1.91 bits per heavy atom. The third kappa shape index (κ3) is 3.63. The molecule has 33 heavy (non-hydrogen) atoms. The zero-order chi connectivity index (χ0) is 22.9. The van der Waals surface area contributed by atoms with Gasteiger partial charge in [0.2, 0.25) is 11.7 Å². The molecule has 1 unspecified atom stereocenters. The number of benzene rings is 2. The van der Waals surface area contributed by atoms with Gasteiger partial charge in [-0.3, -0.25) is 14.2 Å². The van der Waals surface area contributed by atoms with Gasteiger partial charge in [-0.1, -0.05) is 59.8 Å². The summed E-state index contributed by atoms with van der Waals surface area (Å²) in [6.45, 7) is 0.578. The Morgan fingerprint density at radius 1 is 1.15 bits per heavy atom. The number of aromatic nitrogens is 3. The zero-order valence-electron chi connectivity index (χ0n) is 17.8. The molecule has 0 saturated carbocycles. The number of hydrogen-bond acceptors (Lipinski definition) is 7. The minimum absolute atomic E-state index is 0.215. The van der Waals surface area contributed by atoms with Gasteiger partial charge in [-0.2, -0.15) is 0 Å². The van der Waals surface area contributed by atoms with E-state index >= 15 is 0 Å². The number of rotatable bonds is 4. The molecule has 1 aliphatic rings. The summed E-state index contributed by atoms with van der Waals surface area (Å²) in [5.74, 6) is -1.16. The van der Waals surface area contributed by atoms with E-state index in [-0.39, 0.29) is 23.4 Å². The minimum Gasteiger partial charge on any atom is -0.501 e. The van der Waals surface area contributed by atoms with Crippen LogP contribution in [0.25, 0.3) is 0 Å². The number of aromatic hydroxyl groups is 1. The van der Waals surface area contributed by atoms with E-state index in [0.29, 0.717) is 6.54 Å². The summed E-state index contributed by atoms with van der Waals surface area (Å²) < 4.78 is 5.99. The van der Waals surface area contributed by atoms with Gasteiger partial charge in [0.1, 0.15) is 12.0 Å². The van der Waals surface area contributed by atoms with Gasteiger partial charge in [-0.05, 0) is 23.1 Å². The summed E-state index contributed by atoms with van der Waals surface area (Å²) in [5, 5.41) is 16.5. The van der Waals surface area contributed by atoms with Crippen LogP contribution >= 0.6 is 0 Å². The number of carbonyl (C=O) groups excluding carboxylic acids is 1. The molecule has 1 atom stereocenters. The van der Waals surface area contributed by atoms with Crippen LogP contribution in [0.5, 0.6) is 5.75 Å². The highest BCUT2D eigenvalue weighted by atomic mass is 16.5. The van der Waals surface area contributed by atoms with Crippen molar-refractivity contribution in [1.82, 2.24) is 14.7 Å². The van der Waals surface area contributed by atoms with Crippen LogP contribution in [-0.2, 0) is 13.5 Å². The Morgan fingerprint density at radius 3 is 2.67 bits per heavy atom. The van der Waals surface area contributed by atoms with E-state index in [2.05, 4.69) is 27.6 Å². The second-order valence-corrected chi connectivity index (χ2v) is 7.80. The van der Waals surface area contributed by atoms with Gasteiger partial charge >= 0.3 is 0 Å². The van der Waals surface area contributed by atoms with E-state index in [0.717, 1.165) is 17.5 Å². The van der Waals surface area contributed by atoms with E-state index in [9.17, 15) is 14.7 Å². The summed E-state index contributed by atoms with van der Waals surface area (Å²) >= 11 is 0. The molecule has 0 saturated heterocycles. The molecule has 2 aromatic heterocycles. The van der Waals surface area contributed by atoms with Crippen LogP contribution in [-0.4, -0.2) is 32.3 Å². The van der Waals surface area contributed by atoms with Gasteiger partial charge in [0.05, 0.1) is 12.2 Å². The van der Waals surface area contributed by atoms with Gasteiger partial charge < -0.3 is 19.8 Å². The van der Waals surface area contributed by atoms with Crippen LogP contribution in [0.15, 0.2) is 76.4 Å². The smallest absolute Gasteiger partial charge is 0.297 e. The van der Waals surface area contributed by atoms with Crippen LogP contribution in [0.2, 0.25) is 0 Å². The monoisotopic (exact) mass is 443 g/mol.